The number of ether oxygens (including phenoxy) is 1. The minimum absolute atomic E-state index is 0.574. The fourth-order valence-corrected chi connectivity index (χ4v) is 2.57. The number of nitrogens with one attached hydrogen (secondary N) is 1. The number of methoxy groups -OCH3 is 1. The average Bonchev–Trinajstić information content (AvgIpc) is 2.93. The van der Waals surface area contributed by atoms with Gasteiger partial charge in [0, 0.05) is 25.9 Å². The van der Waals surface area contributed by atoms with Gasteiger partial charge in [-0.1, -0.05) is 18.2 Å². The van der Waals surface area contributed by atoms with Crippen molar-refractivity contribution in [3.05, 3.63) is 36.2 Å². The van der Waals surface area contributed by atoms with Crippen LogP contribution >= 0.6 is 0 Å². The first kappa shape index (κ1) is 13.6. The number of anilines is 4. The SMILES string of the molecule is COCCNc1ncnc(N2CCc3ccccc32)c1N. The number of hydrogen-bond acceptors (Lipinski definition) is 6. The van der Waals surface area contributed by atoms with Gasteiger partial charge in [-0.25, -0.2) is 9.97 Å². The van der Waals surface area contributed by atoms with E-state index in [-0.39, 0.29) is 0 Å². The maximum atomic E-state index is 6.23. The largest absolute Gasteiger partial charge is 0.393 e. The summed E-state index contributed by atoms with van der Waals surface area (Å²) in [6.07, 6.45) is 2.55. The minimum Gasteiger partial charge on any atom is -0.393 e. The van der Waals surface area contributed by atoms with Crippen LogP contribution in [0.15, 0.2) is 30.6 Å². The molecule has 0 amide bonds. The van der Waals surface area contributed by atoms with Crippen LogP contribution in [0.1, 0.15) is 5.56 Å². The zero-order chi connectivity index (χ0) is 14.7. The second kappa shape index (κ2) is 5.97. The molecule has 0 aliphatic carbocycles. The lowest BCUT2D eigenvalue weighted by atomic mass is 10.2. The molecule has 21 heavy (non-hydrogen) atoms. The molecule has 1 aromatic heterocycles. The summed E-state index contributed by atoms with van der Waals surface area (Å²) in [4.78, 5) is 10.7. The standard InChI is InChI=1S/C15H19N5O/c1-21-9-7-17-14-13(16)15(19-10-18-14)20-8-6-11-4-2-3-5-12(11)20/h2-5,10H,6-9,16H2,1H3,(H,17,18,19). The molecule has 0 spiro atoms. The quantitative estimate of drug-likeness (QED) is 0.816. The molecule has 0 fully saturated rings. The molecule has 0 radical (unpaired) electrons. The van der Waals surface area contributed by atoms with Crippen LogP contribution in [0.25, 0.3) is 0 Å². The van der Waals surface area contributed by atoms with Crippen LogP contribution in [-0.2, 0) is 11.2 Å². The Kier molecular flexibility index (Phi) is 3.87. The first-order chi connectivity index (χ1) is 10.3. The van der Waals surface area contributed by atoms with E-state index in [2.05, 4.69) is 38.4 Å². The maximum Gasteiger partial charge on any atom is 0.161 e. The van der Waals surface area contributed by atoms with Gasteiger partial charge in [0.15, 0.2) is 11.6 Å². The zero-order valence-corrected chi connectivity index (χ0v) is 12.0. The number of benzene rings is 1. The van der Waals surface area contributed by atoms with Crippen LogP contribution in [-0.4, -0.2) is 36.8 Å². The molecule has 110 valence electrons. The average molecular weight is 285 g/mol. The van der Waals surface area contributed by atoms with Gasteiger partial charge in [-0.3, -0.25) is 0 Å². The van der Waals surface area contributed by atoms with E-state index in [0.29, 0.717) is 24.7 Å². The summed E-state index contributed by atoms with van der Waals surface area (Å²) in [6.45, 7) is 2.15. The van der Waals surface area contributed by atoms with E-state index in [1.807, 2.05) is 6.07 Å². The first-order valence-electron chi connectivity index (χ1n) is 7.00. The molecule has 0 atom stereocenters. The smallest absolute Gasteiger partial charge is 0.161 e. The summed E-state index contributed by atoms with van der Waals surface area (Å²) in [5.74, 6) is 1.41. The maximum absolute atomic E-state index is 6.23. The third kappa shape index (κ3) is 2.62. The minimum atomic E-state index is 0.574. The molecule has 2 heterocycles. The van der Waals surface area contributed by atoms with E-state index in [1.165, 1.54) is 11.3 Å². The lowest BCUT2D eigenvalue weighted by Gasteiger charge is -2.21. The Morgan fingerprint density at radius 3 is 3.05 bits per heavy atom. The number of aromatic nitrogens is 2. The van der Waals surface area contributed by atoms with Crippen molar-refractivity contribution in [2.75, 3.05) is 42.8 Å². The molecule has 6 nitrogen and oxygen atoms in total. The lowest BCUT2D eigenvalue weighted by Crippen LogP contribution is -2.19. The number of nitrogens with two attached hydrogens (primary N) is 1. The highest BCUT2D eigenvalue weighted by molar-refractivity contribution is 5.81. The highest BCUT2D eigenvalue weighted by Crippen LogP contribution is 2.37. The highest BCUT2D eigenvalue weighted by Gasteiger charge is 2.23. The number of nitrogen functional groups attached to an aromatic ring is 1. The molecule has 1 aliphatic heterocycles. The Bertz CT molecular complexity index is 631. The number of fused-ring (bicyclic) bond motifs is 1. The Balaban J connectivity index is 1.88. The Morgan fingerprint density at radius 1 is 1.33 bits per heavy atom. The van der Waals surface area contributed by atoms with Crippen LogP contribution in [0.5, 0.6) is 0 Å². The molecule has 1 aliphatic rings. The topological polar surface area (TPSA) is 76.3 Å². The summed E-state index contributed by atoms with van der Waals surface area (Å²) in [5.41, 5.74) is 9.30. The second-order valence-corrected chi connectivity index (χ2v) is 4.91. The predicted molar refractivity (Wildman–Crippen MR) is 84.0 cm³/mol. The molecule has 6 heteroatoms. The number of rotatable bonds is 5. The fraction of sp³-hybridized carbons (Fsp3) is 0.333. The number of para-hydroxylation sites is 1. The van der Waals surface area contributed by atoms with Gasteiger partial charge in [0.05, 0.1) is 6.61 Å². The Labute approximate surface area is 124 Å². The summed E-state index contributed by atoms with van der Waals surface area (Å²) in [7, 11) is 1.66. The first-order valence-corrected chi connectivity index (χ1v) is 7.00. The molecular weight excluding hydrogens is 266 g/mol. The van der Waals surface area contributed by atoms with E-state index in [0.717, 1.165) is 18.8 Å². The van der Waals surface area contributed by atoms with Crippen LogP contribution in [0, 0.1) is 0 Å². The van der Waals surface area contributed by atoms with Gasteiger partial charge < -0.3 is 20.7 Å². The molecule has 0 saturated heterocycles. The van der Waals surface area contributed by atoms with Crippen LogP contribution < -0.4 is 16.0 Å². The molecule has 0 saturated carbocycles. The van der Waals surface area contributed by atoms with Gasteiger partial charge in [-0.2, -0.15) is 0 Å². The van der Waals surface area contributed by atoms with Gasteiger partial charge in [-0.05, 0) is 18.1 Å². The molecule has 0 bridgehead atoms. The van der Waals surface area contributed by atoms with E-state index >= 15 is 0 Å². The van der Waals surface area contributed by atoms with E-state index < -0.39 is 0 Å². The summed E-state index contributed by atoms with van der Waals surface area (Å²) in [5, 5.41) is 3.17. The zero-order valence-electron chi connectivity index (χ0n) is 12.0. The molecule has 0 unspecified atom stereocenters. The van der Waals surface area contributed by atoms with Gasteiger partial charge in [0.25, 0.3) is 0 Å². The van der Waals surface area contributed by atoms with Crippen molar-refractivity contribution in [1.29, 1.82) is 0 Å². The van der Waals surface area contributed by atoms with Crippen molar-refractivity contribution in [3.8, 4) is 0 Å². The monoisotopic (exact) mass is 285 g/mol. The van der Waals surface area contributed by atoms with Crippen LogP contribution in [0.2, 0.25) is 0 Å². The molecule has 3 rings (SSSR count). The summed E-state index contributed by atoms with van der Waals surface area (Å²) >= 11 is 0. The van der Waals surface area contributed by atoms with Gasteiger partial charge >= 0.3 is 0 Å². The van der Waals surface area contributed by atoms with E-state index in [4.69, 9.17) is 10.5 Å². The van der Waals surface area contributed by atoms with E-state index in [1.54, 1.807) is 13.4 Å². The lowest BCUT2D eigenvalue weighted by molar-refractivity contribution is 0.210. The van der Waals surface area contributed by atoms with E-state index in [9.17, 15) is 0 Å². The second-order valence-electron chi connectivity index (χ2n) is 4.91. The summed E-state index contributed by atoms with van der Waals surface area (Å²) < 4.78 is 5.02. The Morgan fingerprint density at radius 2 is 2.19 bits per heavy atom. The molecule has 3 N–H and O–H groups in total. The van der Waals surface area contributed by atoms with Crippen molar-refractivity contribution < 1.29 is 4.74 Å². The van der Waals surface area contributed by atoms with Crippen molar-refractivity contribution in [2.24, 2.45) is 0 Å². The molecule has 1 aromatic carbocycles. The Hall–Kier alpha value is -2.34. The molecule has 2 aromatic rings. The predicted octanol–water partition coefficient (Wildman–Crippen LogP) is 1.81. The van der Waals surface area contributed by atoms with Gasteiger partial charge in [0.1, 0.15) is 12.0 Å². The van der Waals surface area contributed by atoms with Crippen molar-refractivity contribution in [1.82, 2.24) is 9.97 Å². The molecular formula is C15H19N5O. The third-order valence-corrected chi connectivity index (χ3v) is 3.60. The van der Waals surface area contributed by atoms with Crippen molar-refractivity contribution in [3.63, 3.8) is 0 Å². The van der Waals surface area contributed by atoms with Crippen LogP contribution in [0.3, 0.4) is 0 Å². The van der Waals surface area contributed by atoms with Crippen molar-refractivity contribution in [2.45, 2.75) is 6.42 Å². The third-order valence-electron chi connectivity index (χ3n) is 3.60. The van der Waals surface area contributed by atoms with Crippen molar-refractivity contribution >= 4 is 23.0 Å². The fourth-order valence-electron chi connectivity index (χ4n) is 2.57. The van der Waals surface area contributed by atoms with Gasteiger partial charge in [0.2, 0.25) is 0 Å². The number of nitrogens with zero attached hydrogens (tertiary/aromatic N) is 3. The summed E-state index contributed by atoms with van der Waals surface area (Å²) in [6, 6.07) is 8.34. The van der Waals surface area contributed by atoms with Gasteiger partial charge in [-0.15, -0.1) is 0 Å². The van der Waals surface area contributed by atoms with Crippen LogP contribution in [0.4, 0.5) is 23.0 Å². The number of hydrogen-bond donors (Lipinski definition) is 2. The normalized spacial score (nSPS) is 13.3. The highest BCUT2D eigenvalue weighted by atomic mass is 16.5.